The quantitative estimate of drug-likeness (QED) is 0.916. The highest BCUT2D eigenvalue weighted by Crippen LogP contribution is 2.28. The Morgan fingerprint density at radius 2 is 1.68 bits per heavy atom. The molecule has 0 bridgehead atoms. The zero-order valence-electron chi connectivity index (χ0n) is 10.5. The molecule has 2 nitrogen and oxygen atoms in total. The third-order valence-electron chi connectivity index (χ3n) is 2.90. The van der Waals surface area contributed by atoms with Crippen LogP contribution in [0.3, 0.4) is 0 Å². The highest BCUT2D eigenvalue weighted by atomic mass is 35.5. The Bertz CT molecular complexity index is 542. The van der Waals surface area contributed by atoms with Crippen LogP contribution in [0.1, 0.15) is 17.2 Å². The minimum atomic E-state index is -1.12. The van der Waals surface area contributed by atoms with Gasteiger partial charge in [0.15, 0.2) is 0 Å². The van der Waals surface area contributed by atoms with Crippen LogP contribution in [-0.4, -0.2) is 10.8 Å². The molecule has 2 unspecified atom stereocenters. The van der Waals surface area contributed by atoms with E-state index in [1.807, 2.05) is 42.5 Å². The van der Waals surface area contributed by atoms with E-state index >= 15 is 0 Å². The van der Waals surface area contributed by atoms with Crippen molar-refractivity contribution in [2.24, 2.45) is 5.73 Å². The SMILES string of the molecule is NCCC(c1ccccc1)S(=O)c1ccc(Cl)cc1. The molecular weight excluding hydrogens is 278 g/mol. The Morgan fingerprint density at radius 1 is 1.05 bits per heavy atom. The van der Waals surface area contributed by atoms with Crippen LogP contribution < -0.4 is 5.73 Å². The predicted octanol–water partition coefficient (Wildman–Crippen LogP) is 3.54. The Kier molecular flexibility index (Phi) is 5.14. The summed E-state index contributed by atoms with van der Waals surface area (Å²) in [7, 11) is -1.12. The molecule has 19 heavy (non-hydrogen) atoms. The van der Waals surface area contributed by atoms with Crippen molar-refractivity contribution in [3.05, 3.63) is 65.2 Å². The molecule has 0 saturated heterocycles. The molecule has 0 spiro atoms. The number of nitrogens with two attached hydrogens (primary N) is 1. The molecule has 0 amide bonds. The molecule has 0 saturated carbocycles. The first-order valence-corrected chi connectivity index (χ1v) is 7.72. The van der Waals surface area contributed by atoms with Crippen LogP contribution in [0.25, 0.3) is 0 Å². The van der Waals surface area contributed by atoms with E-state index in [0.717, 1.165) is 10.5 Å². The first-order valence-electron chi connectivity index (χ1n) is 6.13. The van der Waals surface area contributed by atoms with Gasteiger partial charge in [0.05, 0.1) is 16.0 Å². The number of rotatable bonds is 5. The van der Waals surface area contributed by atoms with E-state index in [4.69, 9.17) is 17.3 Å². The molecule has 0 aromatic heterocycles. The second-order valence-electron chi connectivity index (χ2n) is 4.23. The third kappa shape index (κ3) is 3.66. The Balaban J connectivity index is 2.29. The van der Waals surface area contributed by atoms with E-state index in [9.17, 15) is 4.21 Å². The molecule has 0 aliphatic rings. The lowest BCUT2D eigenvalue weighted by atomic mass is 10.1. The molecule has 2 rings (SSSR count). The summed E-state index contributed by atoms with van der Waals surface area (Å²) in [6.07, 6.45) is 0.694. The van der Waals surface area contributed by atoms with Crippen LogP contribution in [-0.2, 0) is 10.8 Å². The van der Waals surface area contributed by atoms with Gasteiger partial charge in [0.2, 0.25) is 0 Å². The van der Waals surface area contributed by atoms with Crippen LogP contribution in [0.4, 0.5) is 0 Å². The molecule has 100 valence electrons. The topological polar surface area (TPSA) is 43.1 Å². The van der Waals surface area contributed by atoms with Crippen molar-refractivity contribution in [3.8, 4) is 0 Å². The summed E-state index contributed by atoms with van der Waals surface area (Å²) < 4.78 is 12.7. The Morgan fingerprint density at radius 3 is 2.26 bits per heavy atom. The lowest BCUT2D eigenvalue weighted by Crippen LogP contribution is -2.12. The molecule has 0 fully saturated rings. The fourth-order valence-corrected chi connectivity index (χ4v) is 3.56. The summed E-state index contributed by atoms with van der Waals surface area (Å²) in [6.45, 7) is 0.513. The van der Waals surface area contributed by atoms with Crippen molar-refractivity contribution in [2.45, 2.75) is 16.6 Å². The average molecular weight is 294 g/mol. The molecule has 4 heteroatoms. The smallest absolute Gasteiger partial charge is 0.0655 e. The summed E-state index contributed by atoms with van der Waals surface area (Å²) in [5.74, 6) is 0. The van der Waals surface area contributed by atoms with Gasteiger partial charge in [-0.2, -0.15) is 0 Å². The highest BCUT2D eigenvalue weighted by Gasteiger charge is 2.19. The van der Waals surface area contributed by atoms with Gasteiger partial charge >= 0.3 is 0 Å². The van der Waals surface area contributed by atoms with E-state index in [1.54, 1.807) is 12.1 Å². The average Bonchev–Trinajstić information content (AvgIpc) is 2.46. The fourth-order valence-electron chi connectivity index (χ4n) is 1.95. The fraction of sp³-hybridized carbons (Fsp3) is 0.200. The number of benzene rings is 2. The van der Waals surface area contributed by atoms with Gasteiger partial charge in [0.1, 0.15) is 0 Å². The number of hydrogen-bond donors (Lipinski definition) is 1. The summed E-state index contributed by atoms with van der Waals surface area (Å²) >= 11 is 5.86. The molecule has 2 aromatic carbocycles. The summed E-state index contributed by atoms with van der Waals surface area (Å²) in [4.78, 5) is 0.784. The van der Waals surface area contributed by atoms with E-state index in [2.05, 4.69) is 0 Å². The molecule has 2 atom stereocenters. The van der Waals surface area contributed by atoms with Crippen LogP contribution in [0.15, 0.2) is 59.5 Å². The third-order valence-corrected chi connectivity index (χ3v) is 4.92. The number of halogens is 1. The van der Waals surface area contributed by atoms with Crippen molar-refractivity contribution in [1.29, 1.82) is 0 Å². The predicted molar refractivity (Wildman–Crippen MR) is 80.7 cm³/mol. The minimum Gasteiger partial charge on any atom is -0.330 e. The van der Waals surface area contributed by atoms with Gasteiger partial charge in [-0.15, -0.1) is 0 Å². The molecule has 0 heterocycles. The van der Waals surface area contributed by atoms with Gasteiger partial charge in [-0.3, -0.25) is 4.21 Å². The zero-order chi connectivity index (χ0) is 13.7. The molecule has 2 N–H and O–H groups in total. The maximum absolute atomic E-state index is 12.7. The van der Waals surface area contributed by atoms with E-state index in [0.29, 0.717) is 18.0 Å². The number of hydrogen-bond acceptors (Lipinski definition) is 2. The van der Waals surface area contributed by atoms with E-state index < -0.39 is 10.8 Å². The standard InChI is InChI=1S/C15H16ClNOS/c16-13-6-8-14(9-7-13)19(18)15(10-11-17)12-4-2-1-3-5-12/h1-9,15H,10-11,17H2. The maximum atomic E-state index is 12.7. The van der Waals surface area contributed by atoms with Crippen molar-refractivity contribution in [2.75, 3.05) is 6.54 Å². The Labute approximate surface area is 121 Å². The normalized spacial score (nSPS) is 14.0. The highest BCUT2D eigenvalue weighted by molar-refractivity contribution is 7.85. The Hall–Kier alpha value is -1.16. The van der Waals surface area contributed by atoms with Crippen molar-refractivity contribution in [3.63, 3.8) is 0 Å². The molecule has 0 aliphatic carbocycles. The van der Waals surface area contributed by atoms with Crippen LogP contribution in [0.5, 0.6) is 0 Å². The van der Waals surface area contributed by atoms with Crippen molar-refractivity contribution < 1.29 is 4.21 Å². The van der Waals surface area contributed by atoms with Crippen molar-refractivity contribution >= 4 is 22.4 Å². The molecular formula is C15H16ClNOS. The van der Waals surface area contributed by atoms with Gasteiger partial charge in [0, 0.05) is 9.92 Å². The molecule has 2 aromatic rings. The van der Waals surface area contributed by atoms with E-state index in [1.165, 1.54) is 0 Å². The largest absolute Gasteiger partial charge is 0.330 e. The van der Waals surface area contributed by atoms with Gasteiger partial charge in [-0.1, -0.05) is 41.9 Å². The van der Waals surface area contributed by atoms with Crippen molar-refractivity contribution in [1.82, 2.24) is 0 Å². The zero-order valence-corrected chi connectivity index (χ0v) is 12.0. The lowest BCUT2D eigenvalue weighted by Gasteiger charge is -2.16. The lowest BCUT2D eigenvalue weighted by molar-refractivity contribution is 0.664. The van der Waals surface area contributed by atoms with E-state index in [-0.39, 0.29) is 5.25 Å². The van der Waals surface area contributed by atoms with Gasteiger partial charge in [-0.05, 0) is 42.8 Å². The van der Waals surface area contributed by atoms with Gasteiger partial charge in [-0.25, -0.2) is 0 Å². The summed E-state index contributed by atoms with van der Waals surface area (Å²) in [5.41, 5.74) is 6.71. The second kappa shape index (κ2) is 6.85. The maximum Gasteiger partial charge on any atom is 0.0655 e. The minimum absolute atomic E-state index is 0.0765. The summed E-state index contributed by atoms with van der Waals surface area (Å²) in [5, 5.41) is 0.572. The van der Waals surface area contributed by atoms with Gasteiger partial charge < -0.3 is 5.73 Å². The first kappa shape index (κ1) is 14.3. The van der Waals surface area contributed by atoms with Crippen LogP contribution in [0.2, 0.25) is 5.02 Å². The summed E-state index contributed by atoms with van der Waals surface area (Å²) in [6, 6.07) is 17.0. The monoisotopic (exact) mass is 293 g/mol. The van der Waals surface area contributed by atoms with Crippen LogP contribution in [0, 0.1) is 0 Å². The second-order valence-corrected chi connectivity index (χ2v) is 6.30. The van der Waals surface area contributed by atoms with Crippen LogP contribution >= 0.6 is 11.6 Å². The molecule has 0 aliphatic heterocycles. The first-order chi connectivity index (χ1) is 9.22. The molecule has 0 radical (unpaired) electrons. The van der Waals surface area contributed by atoms with Gasteiger partial charge in [0.25, 0.3) is 0 Å².